The first kappa shape index (κ1) is 19.9. The molecular formula is C18H22FN3O3S. The van der Waals surface area contributed by atoms with Crippen molar-refractivity contribution in [3.63, 3.8) is 0 Å². The van der Waals surface area contributed by atoms with Crippen LogP contribution in [0.3, 0.4) is 0 Å². The van der Waals surface area contributed by atoms with Gasteiger partial charge in [-0.3, -0.25) is 4.79 Å². The zero-order valence-corrected chi connectivity index (χ0v) is 15.5. The summed E-state index contributed by atoms with van der Waals surface area (Å²) < 4.78 is 40.8. The van der Waals surface area contributed by atoms with Gasteiger partial charge < -0.3 is 5.32 Å². The SMILES string of the molecule is CN(C)S(=O)(=O)N(CC(=O)NCCc1ccccc1)c1ccccc1F. The molecule has 0 atom stereocenters. The van der Waals surface area contributed by atoms with E-state index in [1.165, 1.54) is 32.3 Å². The molecule has 0 aliphatic carbocycles. The minimum Gasteiger partial charge on any atom is -0.354 e. The number of nitrogens with one attached hydrogen (secondary N) is 1. The maximum absolute atomic E-state index is 14.1. The second-order valence-corrected chi connectivity index (χ2v) is 7.90. The first-order valence-corrected chi connectivity index (χ1v) is 9.47. The minimum atomic E-state index is -4.02. The highest BCUT2D eigenvalue weighted by atomic mass is 32.2. The molecule has 140 valence electrons. The van der Waals surface area contributed by atoms with E-state index in [1.54, 1.807) is 0 Å². The molecule has 2 aromatic rings. The third-order valence-corrected chi connectivity index (χ3v) is 5.53. The van der Waals surface area contributed by atoms with Gasteiger partial charge in [-0.1, -0.05) is 42.5 Å². The number of halogens is 1. The number of carbonyl (C=O) groups excluding carboxylic acids is 1. The van der Waals surface area contributed by atoms with Gasteiger partial charge in [-0.15, -0.1) is 0 Å². The van der Waals surface area contributed by atoms with Crippen LogP contribution in [0.1, 0.15) is 5.56 Å². The van der Waals surface area contributed by atoms with Gasteiger partial charge in [0.25, 0.3) is 0 Å². The number of hydrogen-bond donors (Lipinski definition) is 1. The Morgan fingerprint density at radius 1 is 1.04 bits per heavy atom. The Balaban J connectivity index is 2.09. The molecule has 0 aromatic heterocycles. The summed E-state index contributed by atoms with van der Waals surface area (Å²) in [6, 6.07) is 15.0. The highest BCUT2D eigenvalue weighted by Crippen LogP contribution is 2.22. The summed E-state index contributed by atoms with van der Waals surface area (Å²) in [6.07, 6.45) is 0.618. The molecule has 1 amide bonds. The molecule has 8 heteroatoms. The fourth-order valence-electron chi connectivity index (χ4n) is 2.32. The zero-order valence-electron chi connectivity index (χ0n) is 14.7. The Bertz CT molecular complexity index is 842. The summed E-state index contributed by atoms with van der Waals surface area (Å²) in [5.74, 6) is -1.22. The Hall–Kier alpha value is -2.45. The maximum Gasteiger partial charge on any atom is 0.304 e. The number of carbonyl (C=O) groups is 1. The Kier molecular flexibility index (Phi) is 6.70. The van der Waals surface area contributed by atoms with Crippen molar-refractivity contribution < 1.29 is 17.6 Å². The Morgan fingerprint density at radius 3 is 2.27 bits per heavy atom. The highest BCUT2D eigenvalue weighted by Gasteiger charge is 2.29. The van der Waals surface area contributed by atoms with Crippen molar-refractivity contribution in [3.05, 3.63) is 66.0 Å². The number of para-hydroxylation sites is 1. The summed E-state index contributed by atoms with van der Waals surface area (Å²) in [5, 5.41) is 2.68. The molecule has 0 bridgehead atoms. The van der Waals surface area contributed by atoms with Gasteiger partial charge in [0.15, 0.2) is 0 Å². The second-order valence-electron chi connectivity index (χ2n) is 5.83. The molecule has 0 unspecified atom stereocenters. The van der Waals surface area contributed by atoms with Crippen LogP contribution in [-0.2, 0) is 21.4 Å². The van der Waals surface area contributed by atoms with Crippen molar-refractivity contribution >= 4 is 21.8 Å². The van der Waals surface area contributed by atoms with Crippen molar-refractivity contribution in [2.24, 2.45) is 0 Å². The van der Waals surface area contributed by atoms with Gasteiger partial charge >= 0.3 is 10.2 Å². The molecule has 0 aliphatic heterocycles. The molecular weight excluding hydrogens is 357 g/mol. The van der Waals surface area contributed by atoms with Crippen LogP contribution in [0, 0.1) is 5.82 Å². The van der Waals surface area contributed by atoms with Crippen LogP contribution >= 0.6 is 0 Å². The lowest BCUT2D eigenvalue weighted by Crippen LogP contribution is -2.46. The number of nitrogens with zero attached hydrogens (tertiary/aromatic N) is 2. The predicted octanol–water partition coefficient (Wildman–Crippen LogP) is 1.80. The normalized spacial score (nSPS) is 11.4. The summed E-state index contributed by atoms with van der Waals surface area (Å²) in [4.78, 5) is 12.2. The van der Waals surface area contributed by atoms with Gasteiger partial charge in [0.1, 0.15) is 12.4 Å². The van der Waals surface area contributed by atoms with E-state index in [1.807, 2.05) is 30.3 Å². The monoisotopic (exact) mass is 379 g/mol. The van der Waals surface area contributed by atoms with Crippen LogP contribution in [-0.4, -0.2) is 45.8 Å². The fraction of sp³-hybridized carbons (Fsp3) is 0.278. The summed E-state index contributed by atoms with van der Waals surface area (Å²) >= 11 is 0. The van der Waals surface area contributed by atoms with E-state index >= 15 is 0 Å². The van der Waals surface area contributed by atoms with E-state index in [0.29, 0.717) is 13.0 Å². The van der Waals surface area contributed by atoms with Crippen LogP contribution in [0.25, 0.3) is 0 Å². The number of rotatable bonds is 8. The highest BCUT2D eigenvalue weighted by molar-refractivity contribution is 7.90. The van der Waals surface area contributed by atoms with Crippen molar-refractivity contribution in [2.75, 3.05) is 31.5 Å². The van der Waals surface area contributed by atoms with Crippen LogP contribution in [0.2, 0.25) is 0 Å². The maximum atomic E-state index is 14.1. The topological polar surface area (TPSA) is 69.7 Å². The second kappa shape index (κ2) is 8.77. The average molecular weight is 379 g/mol. The van der Waals surface area contributed by atoms with Gasteiger partial charge in [0.05, 0.1) is 5.69 Å². The summed E-state index contributed by atoms with van der Waals surface area (Å²) in [6.45, 7) is -0.147. The van der Waals surface area contributed by atoms with Crippen LogP contribution in [0.15, 0.2) is 54.6 Å². The molecule has 0 heterocycles. The van der Waals surface area contributed by atoms with Crippen LogP contribution in [0.5, 0.6) is 0 Å². The first-order valence-electron chi connectivity index (χ1n) is 8.07. The molecule has 0 saturated heterocycles. The standard InChI is InChI=1S/C18H22FN3O3S/c1-21(2)26(24,25)22(17-11-7-6-10-16(17)19)14-18(23)20-13-12-15-8-4-3-5-9-15/h3-11H,12-14H2,1-2H3,(H,20,23). The van der Waals surface area contributed by atoms with E-state index < -0.39 is 28.5 Å². The predicted molar refractivity (Wildman–Crippen MR) is 99.5 cm³/mol. The number of amides is 1. The fourth-order valence-corrected chi connectivity index (χ4v) is 3.39. The van der Waals surface area contributed by atoms with E-state index in [4.69, 9.17) is 0 Å². The van der Waals surface area contributed by atoms with E-state index in [-0.39, 0.29) is 5.69 Å². The van der Waals surface area contributed by atoms with Gasteiger partial charge in [0, 0.05) is 20.6 Å². The number of benzene rings is 2. The largest absolute Gasteiger partial charge is 0.354 e. The molecule has 0 fully saturated rings. The van der Waals surface area contributed by atoms with E-state index in [9.17, 15) is 17.6 Å². The Labute approximate surface area is 153 Å². The van der Waals surface area contributed by atoms with Gasteiger partial charge in [0.2, 0.25) is 5.91 Å². The van der Waals surface area contributed by atoms with Crippen molar-refractivity contribution in [1.29, 1.82) is 0 Å². The van der Waals surface area contributed by atoms with E-state index in [0.717, 1.165) is 20.2 Å². The third-order valence-electron chi connectivity index (χ3n) is 3.73. The molecule has 2 rings (SSSR count). The molecule has 0 aliphatic rings. The minimum absolute atomic E-state index is 0.167. The molecule has 0 spiro atoms. The molecule has 2 aromatic carbocycles. The number of hydrogen-bond acceptors (Lipinski definition) is 3. The number of anilines is 1. The van der Waals surface area contributed by atoms with Crippen molar-refractivity contribution in [3.8, 4) is 0 Å². The van der Waals surface area contributed by atoms with Crippen molar-refractivity contribution in [2.45, 2.75) is 6.42 Å². The molecule has 0 saturated carbocycles. The lowest BCUT2D eigenvalue weighted by molar-refractivity contribution is -0.119. The Morgan fingerprint density at radius 2 is 1.65 bits per heavy atom. The molecule has 0 radical (unpaired) electrons. The lowest BCUT2D eigenvalue weighted by Gasteiger charge is -2.27. The molecule has 6 nitrogen and oxygen atoms in total. The molecule has 26 heavy (non-hydrogen) atoms. The zero-order chi connectivity index (χ0) is 19.2. The average Bonchev–Trinajstić information content (AvgIpc) is 2.61. The van der Waals surface area contributed by atoms with Crippen LogP contribution < -0.4 is 9.62 Å². The smallest absolute Gasteiger partial charge is 0.304 e. The molecule has 1 N–H and O–H groups in total. The van der Waals surface area contributed by atoms with Crippen LogP contribution in [0.4, 0.5) is 10.1 Å². The third kappa shape index (κ3) is 5.03. The van der Waals surface area contributed by atoms with Gasteiger partial charge in [-0.05, 0) is 24.1 Å². The lowest BCUT2D eigenvalue weighted by atomic mass is 10.1. The van der Waals surface area contributed by atoms with Gasteiger partial charge in [-0.2, -0.15) is 12.7 Å². The van der Waals surface area contributed by atoms with E-state index in [2.05, 4.69) is 5.32 Å². The summed E-state index contributed by atoms with van der Waals surface area (Å²) in [5.41, 5.74) is 0.888. The van der Waals surface area contributed by atoms with Gasteiger partial charge in [-0.25, -0.2) is 8.70 Å². The first-order chi connectivity index (χ1) is 12.3. The quantitative estimate of drug-likeness (QED) is 0.760. The van der Waals surface area contributed by atoms with Crippen molar-refractivity contribution in [1.82, 2.24) is 9.62 Å². The summed E-state index contributed by atoms with van der Waals surface area (Å²) in [7, 11) is -1.36.